The van der Waals surface area contributed by atoms with E-state index in [9.17, 15) is 8.42 Å². The highest BCUT2D eigenvalue weighted by atomic mass is 32.2. The Morgan fingerprint density at radius 1 is 1.15 bits per heavy atom. The molecule has 2 atom stereocenters. The van der Waals surface area contributed by atoms with Gasteiger partial charge in [0.25, 0.3) is 0 Å². The number of nitrogens with two attached hydrogens (primary N) is 1. The molecule has 0 spiro atoms. The fraction of sp³-hybridized carbons (Fsp3) is 0.312. The van der Waals surface area contributed by atoms with Gasteiger partial charge >= 0.3 is 0 Å². The Bertz CT molecular complexity index is 1610. The molecule has 1 fully saturated rings. The number of rotatable bonds is 11. The summed E-state index contributed by atoms with van der Waals surface area (Å²) in [5.41, 5.74) is 4.24. The highest BCUT2D eigenvalue weighted by molar-refractivity contribution is 7.89. The molecule has 4 aromatic rings. The van der Waals surface area contributed by atoms with E-state index in [0.29, 0.717) is 17.5 Å². The van der Waals surface area contributed by atoms with Crippen molar-refractivity contribution in [1.29, 1.82) is 0 Å². The topological polar surface area (TPSA) is 110 Å². The molecule has 214 valence electrons. The van der Waals surface area contributed by atoms with Gasteiger partial charge < -0.3 is 10.1 Å². The molecule has 2 aromatic carbocycles. The molecule has 3 heterocycles. The van der Waals surface area contributed by atoms with E-state index in [1.165, 1.54) is 24.5 Å². The first-order valence-electron chi connectivity index (χ1n) is 14.0. The molecule has 0 radical (unpaired) electrons. The van der Waals surface area contributed by atoms with E-state index in [-0.39, 0.29) is 24.0 Å². The Morgan fingerprint density at radius 2 is 1.98 bits per heavy atom. The standard InChI is InChI=1S/C32H37N5O3S/c1-3-19-37-20-8-7-14-28(37)31(24-11-5-4-6-12-24)36-27-22-23(2)35-32-25(27)13-9-15-29(32)40-21-17-26-30(41(33,38)39)16-10-18-34-26/h3-6,9-13,15-16,18,22,28,31H,1,7-8,14,17,19-21H2,2H3,(H,35,36)(H2,33,38,39)/t28-,31-/m0/s1. The molecule has 0 amide bonds. The van der Waals surface area contributed by atoms with Crippen LogP contribution in [0.2, 0.25) is 0 Å². The van der Waals surface area contributed by atoms with Crippen LogP contribution >= 0.6 is 0 Å². The summed E-state index contributed by atoms with van der Waals surface area (Å²) in [6.45, 7) is 8.12. The van der Waals surface area contributed by atoms with Crippen molar-refractivity contribution in [2.75, 3.05) is 25.0 Å². The van der Waals surface area contributed by atoms with E-state index in [2.05, 4.69) is 64.2 Å². The zero-order valence-corrected chi connectivity index (χ0v) is 24.2. The predicted molar refractivity (Wildman–Crippen MR) is 164 cm³/mol. The second-order valence-electron chi connectivity index (χ2n) is 10.4. The van der Waals surface area contributed by atoms with E-state index in [1.807, 2.05) is 25.1 Å². The second kappa shape index (κ2) is 12.8. The number of para-hydroxylation sites is 1. The number of primary sulfonamides is 1. The Morgan fingerprint density at radius 3 is 2.76 bits per heavy atom. The number of sulfonamides is 1. The van der Waals surface area contributed by atoms with Crippen molar-refractivity contribution < 1.29 is 13.2 Å². The number of aromatic nitrogens is 2. The number of ether oxygens (including phenoxy) is 1. The average molecular weight is 572 g/mol. The second-order valence-corrected chi connectivity index (χ2v) is 12.0. The number of hydrogen-bond acceptors (Lipinski definition) is 7. The Hall–Kier alpha value is -3.79. The van der Waals surface area contributed by atoms with E-state index >= 15 is 0 Å². The highest BCUT2D eigenvalue weighted by Gasteiger charge is 2.31. The number of anilines is 1. The maximum atomic E-state index is 12.0. The summed E-state index contributed by atoms with van der Waals surface area (Å²) >= 11 is 0. The van der Waals surface area contributed by atoms with Gasteiger partial charge in [0.1, 0.15) is 16.2 Å². The van der Waals surface area contributed by atoms with Crippen LogP contribution in [-0.4, -0.2) is 49.0 Å². The molecule has 1 aliphatic heterocycles. The number of likely N-dealkylation sites (tertiary alicyclic amines) is 1. The number of hydrogen-bond donors (Lipinski definition) is 2. The van der Waals surface area contributed by atoms with Gasteiger partial charge in [0.05, 0.1) is 18.3 Å². The molecule has 0 unspecified atom stereocenters. The van der Waals surface area contributed by atoms with Crippen LogP contribution in [-0.2, 0) is 16.4 Å². The largest absolute Gasteiger partial charge is 0.491 e. The van der Waals surface area contributed by atoms with Crippen LogP contribution in [0.5, 0.6) is 5.75 Å². The number of aryl methyl sites for hydroxylation is 1. The predicted octanol–water partition coefficient (Wildman–Crippen LogP) is 5.40. The maximum Gasteiger partial charge on any atom is 0.239 e. The van der Waals surface area contributed by atoms with E-state index < -0.39 is 10.0 Å². The van der Waals surface area contributed by atoms with Crippen molar-refractivity contribution in [1.82, 2.24) is 14.9 Å². The molecule has 1 aliphatic rings. The highest BCUT2D eigenvalue weighted by Crippen LogP contribution is 2.36. The lowest BCUT2D eigenvalue weighted by molar-refractivity contribution is 0.147. The number of fused-ring (bicyclic) bond motifs is 1. The Labute approximate surface area is 242 Å². The lowest BCUT2D eigenvalue weighted by Gasteiger charge is -2.41. The minimum Gasteiger partial charge on any atom is -0.491 e. The molecule has 0 aliphatic carbocycles. The zero-order chi connectivity index (χ0) is 28.8. The van der Waals surface area contributed by atoms with E-state index in [1.54, 1.807) is 12.3 Å². The van der Waals surface area contributed by atoms with Crippen molar-refractivity contribution in [2.24, 2.45) is 5.14 Å². The third-order valence-corrected chi connectivity index (χ3v) is 8.55. The lowest BCUT2D eigenvalue weighted by atomic mass is 9.90. The molecule has 41 heavy (non-hydrogen) atoms. The molecule has 1 saturated heterocycles. The Kier molecular flexibility index (Phi) is 8.97. The van der Waals surface area contributed by atoms with Crippen LogP contribution in [0, 0.1) is 6.92 Å². The first-order valence-corrected chi connectivity index (χ1v) is 15.6. The summed E-state index contributed by atoms with van der Waals surface area (Å²) in [7, 11) is -3.87. The summed E-state index contributed by atoms with van der Waals surface area (Å²) in [6.07, 6.45) is 7.33. The van der Waals surface area contributed by atoms with Crippen LogP contribution in [0.25, 0.3) is 10.9 Å². The van der Waals surface area contributed by atoms with Gasteiger partial charge in [0, 0.05) is 42.0 Å². The van der Waals surface area contributed by atoms with Gasteiger partial charge in [0.15, 0.2) is 0 Å². The minimum absolute atomic E-state index is 0.0159. The van der Waals surface area contributed by atoms with E-state index in [4.69, 9.17) is 14.9 Å². The van der Waals surface area contributed by atoms with Crippen LogP contribution in [0.1, 0.15) is 42.3 Å². The molecular weight excluding hydrogens is 534 g/mol. The molecule has 3 N–H and O–H groups in total. The quantitative estimate of drug-likeness (QED) is 0.232. The van der Waals surface area contributed by atoms with Gasteiger partial charge in [-0.1, -0.05) is 55.0 Å². The van der Waals surface area contributed by atoms with Crippen LogP contribution in [0.15, 0.2) is 90.5 Å². The van der Waals surface area contributed by atoms with Crippen LogP contribution in [0.3, 0.4) is 0 Å². The van der Waals surface area contributed by atoms with E-state index in [0.717, 1.165) is 41.8 Å². The van der Waals surface area contributed by atoms with Gasteiger partial charge in [0.2, 0.25) is 10.0 Å². The van der Waals surface area contributed by atoms with Gasteiger partial charge in [-0.3, -0.25) is 9.88 Å². The molecular formula is C32H37N5O3S. The summed E-state index contributed by atoms with van der Waals surface area (Å²) in [6, 6.07) is 22.0. The molecule has 0 saturated carbocycles. The smallest absolute Gasteiger partial charge is 0.239 e. The van der Waals surface area contributed by atoms with Crippen molar-refractivity contribution in [2.45, 2.75) is 49.6 Å². The van der Waals surface area contributed by atoms with Gasteiger partial charge in [-0.2, -0.15) is 0 Å². The average Bonchev–Trinajstić information content (AvgIpc) is 2.97. The van der Waals surface area contributed by atoms with Crippen molar-refractivity contribution in [3.63, 3.8) is 0 Å². The summed E-state index contributed by atoms with van der Waals surface area (Å²) in [5.74, 6) is 0.629. The third kappa shape index (κ3) is 6.75. The number of pyridine rings is 2. The minimum atomic E-state index is -3.87. The summed E-state index contributed by atoms with van der Waals surface area (Å²) in [4.78, 5) is 11.6. The third-order valence-electron chi connectivity index (χ3n) is 7.56. The molecule has 5 rings (SSSR count). The van der Waals surface area contributed by atoms with Gasteiger partial charge in [-0.05, 0) is 56.1 Å². The molecule has 2 aromatic heterocycles. The number of piperidine rings is 1. The summed E-state index contributed by atoms with van der Waals surface area (Å²) in [5, 5.41) is 10.2. The first kappa shape index (κ1) is 28.7. The zero-order valence-electron chi connectivity index (χ0n) is 23.4. The number of nitrogens with one attached hydrogen (secondary N) is 1. The van der Waals surface area contributed by atoms with Crippen molar-refractivity contribution >= 4 is 26.6 Å². The molecule has 9 heteroatoms. The normalized spacial score (nSPS) is 16.8. The first-order chi connectivity index (χ1) is 19.8. The monoisotopic (exact) mass is 571 g/mol. The lowest BCUT2D eigenvalue weighted by Crippen LogP contribution is -2.45. The van der Waals surface area contributed by atoms with Crippen LogP contribution < -0.4 is 15.2 Å². The molecule has 8 nitrogen and oxygen atoms in total. The number of nitrogens with zero attached hydrogens (tertiary/aromatic N) is 3. The molecule has 0 bridgehead atoms. The fourth-order valence-corrected chi connectivity index (χ4v) is 6.48. The fourth-order valence-electron chi connectivity index (χ4n) is 5.73. The van der Waals surface area contributed by atoms with Gasteiger partial charge in [-0.25, -0.2) is 18.5 Å². The van der Waals surface area contributed by atoms with Crippen LogP contribution in [0.4, 0.5) is 5.69 Å². The van der Waals surface area contributed by atoms with Crippen molar-refractivity contribution in [3.8, 4) is 5.75 Å². The SMILES string of the molecule is C=CCN1CCCC[C@H]1[C@@H](Nc1cc(C)nc2c(OCCc3ncccc3S(N)(=O)=O)cccc12)c1ccccc1. The van der Waals surface area contributed by atoms with Crippen molar-refractivity contribution in [3.05, 3.63) is 103 Å². The summed E-state index contributed by atoms with van der Waals surface area (Å²) < 4.78 is 30.1. The Balaban J connectivity index is 1.45. The van der Waals surface area contributed by atoms with Gasteiger partial charge in [-0.15, -0.1) is 6.58 Å². The maximum absolute atomic E-state index is 12.0. The number of benzene rings is 2.